The summed E-state index contributed by atoms with van der Waals surface area (Å²) in [6.45, 7) is 5.15. The second-order valence-corrected chi connectivity index (χ2v) is 6.76. The van der Waals surface area contributed by atoms with Crippen molar-refractivity contribution >= 4 is 43.8 Å². The number of hydrogen-bond acceptors (Lipinski definition) is 7. The van der Waals surface area contributed by atoms with Crippen molar-refractivity contribution in [3.63, 3.8) is 0 Å². The third-order valence-electron chi connectivity index (χ3n) is 4.00. The number of carbonyl (C=O) groups excluding carboxylic acids is 1. The number of anilines is 1. The lowest BCUT2D eigenvalue weighted by Gasteiger charge is -2.21. The van der Waals surface area contributed by atoms with E-state index >= 15 is 0 Å². The topological polar surface area (TPSA) is 78.2 Å². The van der Waals surface area contributed by atoms with E-state index < -0.39 is 0 Å². The van der Waals surface area contributed by atoms with Crippen LogP contribution in [-0.4, -0.2) is 35.6 Å². The molecule has 26 heavy (non-hydrogen) atoms. The number of azo groups is 1. The summed E-state index contributed by atoms with van der Waals surface area (Å²) in [5.74, 6) is 0.0332. The van der Waals surface area contributed by atoms with E-state index in [2.05, 4.69) is 20.1 Å². The average molecular weight is 368 g/mol. The fourth-order valence-corrected chi connectivity index (χ4v) is 3.42. The Kier molecular flexibility index (Phi) is 5.70. The van der Waals surface area contributed by atoms with Crippen LogP contribution in [0.25, 0.3) is 10.2 Å². The van der Waals surface area contributed by atoms with Crippen molar-refractivity contribution in [1.29, 1.82) is 0 Å². The predicted octanol–water partition coefficient (Wildman–Crippen LogP) is 4.73. The molecule has 0 saturated heterocycles. The van der Waals surface area contributed by atoms with Crippen LogP contribution in [0.1, 0.15) is 24.2 Å². The molecule has 7 heteroatoms. The van der Waals surface area contributed by atoms with Gasteiger partial charge in [-0.25, -0.2) is 4.98 Å². The molecule has 3 aromatic rings. The Balaban J connectivity index is 1.77. The van der Waals surface area contributed by atoms with Gasteiger partial charge >= 0.3 is 0 Å². The smallest absolute Gasteiger partial charge is 0.231 e. The maximum atomic E-state index is 11.5. The Hall–Kier alpha value is -2.64. The van der Waals surface area contributed by atoms with Gasteiger partial charge in [-0.15, -0.1) is 10.2 Å². The van der Waals surface area contributed by atoms with E-state index in [1.807, 2.05) is 43.3 Å². The largest absolute Gasteiger partial charge is 0.395 e. The Labute approximate surface area is 155 Å². The Morgan fingerprint density at radius 3 is 2.62 bits per heavy atom. The summed E-state index contributed by atoms with van der Waals surface area (Å²) in [5, 5.41) is 18.1. The number of carbonyl (C=O) groups is 1. The van der Waals surface area contributed by atoms with Crippen LogP contribution in [0, 0.1) is 0 Å². The maximum absolute atomic E-state index is 11.5. The normalized spacial score (nSPS) is 11.3. The van der Waals surface area contributed by atoms with Crippen LogP contribution in [0.3, 0.4) is 0 Å². The minimum atomic E-state index is 0.0332. The van der Waals surface area contributed by atoms with Crippen molar-refractivity contribution in [3.8, 4) is 0 Å². The monoisotopic (exact) mass is 368 g/mol. The number of rotatable bonds is 7. The van der Waals surface area contributed by atoms with Crippen LogP contribution in [0.15, 0.2) is 52.7 Å². The van der Waals surface area contributed by atoms with E-state index in [0.29, 0.717) is 17.2 Å². The molecule has 0 atom stereocenters. The number of thiazole rings is 1. The molecule has 0 radical (unpaired) electrons. The molecular formula is C19H20N4O2S. The van der Waals surface area contributed by atoms with Crippen LogP contribution < -0.4 is 4.90 Å². The zero-order valence-corrected chi connectivity index (χ0v) is 15.5. The number of likely N-dealkylation sites (N-methyl/N-ethyl adjacent to an activating group) is 1. The van der Waals surface area contributed by atoms with E-state index in [4.69, 9.17) is 5.11 Å². The lowest BCUT2D eigenvalue weighted by molar-refractivity contribution is 0.101. The van der Waals surface area contributed by atoms with Gasteiger partial charge in [0.2, 0.25) is 5.13 Å². The number of ketones is 1. The van der Waals surface area contributed by atoms with Gasteiger partial charge in [-0.2, -0.15) is 0 Å². The molecule has 0 bridgehead atoms. The molecular weight excluding hydrogens is 348 g/mol. The van der Waals surface area contributed by atoms with Crippen molar-refractivity contribution in [2.75, 3.05) is 24.6 Å². The van der Waals surface area contributed by atoms with E-state index in [-0.39, 0.29) is 12.4 Å². The molecule has 0 aliphatic rings. The van der Waals surface area contributed by atoms with E-state index in [1.54, 1.807) is 13.0 Å². The minimum Gasteiger partial charge on any atom is -0.395 e. The van der Waals surface area contributed by atoms with Gasteiger partial charge in [0.1, 0.15) is 0 Å². The summed E-state index contributed by atoms with van der Waals surface area (Å²) in [4.78, 5) is 18.0. The molecule has 0 amide bonds. The molecule has 1 N–H and O–H groups in total. The zero-order chi connectivity index (χ0) is 18.5. The van der Waals surface area contributed by atoms with Crippen molar-refractivity contribution in [3.05, 3.63) is 48.0 Å². The third-order valence-corrected chi connectivity index (χ3v) is 4.90. The standard InChI is InChI=1S/C19H20N4O2S/c1-3-23(10-11-24)16-7-5-15(6-8-16)21-22-19-20-17-9-4-14(13(2)25)12-18(17)26-19/h4-9,12,24H,3,10-11H2,1-2H3. The molecule has 6 nitrogen and oxygen atoms in total. The lowest BCUT2D eigenvalue weighted by Crippen LogP contribution is -2.25. The molecule has 1 heterocycles. The highest BCUT2D eigenvalue weighted by Gasteiger charge is 2.07. The highest BCUT2D eigenvalue weighted by Crippen LogP contribution is 2.30. The van der Waals surface area contributed by atoms with Gasteiger partial charge in [0.05, 0.1) is 22.5 Å². The Morgan fingerprint density at radius 2 is 1.96 bits per heavy atom. The fourth-order valence-electron chi connectivity index (χ4n) is 2.60. The van der Waals surface area contributed by atoms with E-state index in [9.17, 15) is 4.79 Å². The van der Waals surface area contributed by atoms with Gasteiger partial charge in [-0.3, -0.25) is 4.79 Å². The molecule has 134 valence electrons. The molecule has 0 spiro atoms. The zero-order valence-electron chi connectivity index (χ0n) is 14.7. The number of Topliss-reactive ketones (excluding diaryl/α,β-unsaturated/α-hetero) is 1. The molecule has 0 unspecified atom stereocenters. The maximum Gasteiger partial charge on any atom is 0.231 e. The molecule has 1 aromatic heterocycles. The number of benzene rings is 2. The van der Waals surface area contributed by atoms with Crippen LogP contribution in [0.2, 0.25) is 0 Å². The second-order valence-electron chi connectivity index (χ2n) is 5.75. The molecule has 0 aliphatic heterocycles. The minimum absolute atomic E-state index is 0.0332. The Morgan fingerprint density at radius 1 is 1.19 bits per heavy atom. The quantitative estimate of drug-likeness (QED) is 0.483. The third kappa shape index (κ3) is 4.12. The number of aliphatic hydroxyl groups is 1. The fraction of sp³-hybridized carbons (Fsp3) is 0.263. The van der Waals surface area contributed by atoms with Crippen LogP contribution in [0.5, 0.6) is 0 Å². The van der Waals surface area contributed by atoms with Crippen LogP contribution in [-0.2, 0) is 0 Å². The predicted molar refractivity (Wildman–Crippen MR) is 105 cm³/mol. The first-order valence-corrected chi connectivity index (χ1v) is 9.21. The first kappa shape index (κ1) is 18.2. The van der Waals surface area contributed by atoms with Gasteiger partial charge in [-0.05, 0) is 56.3 Å². The number of fused-ring (bicyclic) bond motifs is 1. The average Bonchev–Trinajstić information content (AvgIpc) is 3.07. The van der Waals surface area contributed by atoms with Gasteiger partial charge in [0.25, 0.3) is 0 Å². The van der Waals surface area contributed by atoms with Crippen LogP contribution in [0.4, 0.5) is 16.5 Å². The summed E-state index contributed by atoms with van der Waals surface area (Å²) >= 11 is 1.41. The van der Waals surface area contributed by atoms with E-state index in [1.165, 1.54) is 11.3 Å². The molecule has 3 rings (SSSR count). The SMILES string of the molecule is CCN(CCO)c1ccc(N=Nc2nc3ccc(C(C)=O)cc3s2)cc1. The van der Waals surface area contributed by atoms with Gasteiger partial charge < -0.3 is 10.0 Å². The second kappa shape index (κ2) is 8.16. The summed E-state index contributed by atoms with van der Waals surface area (Å²) in [5.41, 5.74) is 3.25. The van der Waals surface area contributed by atoms with Crippen molar-refractivity contribution < 1.29 is 9.90 Å². The lowest BCUT2D eigenvalue weighted by atomic mass is 10.1. The Bertz CT molecular complexity index is 934. The summed E-state index contributed by atoms with van der Waals surface area (Å²) in [6.07, 6.45) is 0. The summed E-state index contributed by atoms with van der Waals surface area (Å²) in [6, 6.07) is 13.1. The number of hydrogen-bond donors (Lipinski definition) is 1. The summed E-state index contributed by atoms with van der Waals surface area (Å²) in [7, 11) is 0. The highest BCUT2D eigenvalue weighted by atomic mass is 32.1. The van der Waals surface area contributed by atoms with Crippen molar-refractivity contribution in [1.82, 2.24) is 4.98 Å². The molecule has 0 saturated carbocycles. The van der Waals surface area contributed by atoms with Crippen molar-refractivity contribution in [2.24, 2.45) is 10.2 Å². The molecule has 0 fully saturated rings. The van der Waals surface area contributed by atoms with Gasteiger partial charge in [-0.1, -0.05) is 11.3 Å². The number of nitrogens with zero attached hydrogens (tertiary/aromatic N) is 4. The number of aliphatic hydroxyl groups excluding tert-OH is 1. The van der Waals surface area contributed by atoms with E-state index in [0.717, 1.165) is 28.1 Å². The summed E-state index contributed by atoms with van der Waals surface area (Å²) < 4.78 is 0.921. The molecule has 0 aliphatic carbocycles. The molecule has 2 aromatic carbocycles. The van der Waals surface area contributed by atoms with Crippen LogP contribution >= 0.6 is 11.3 Å². The number of aromatic nitrogens is 1. The van der Waals surface area contributed by atoms with Gasteiger partial charge in [0, 0.05) is 24.3 Å². The van der Waals surface area contributed by atoms with Crippen molar-refractivity contribution in [2.45, 2.75) is 13.8 Å². The van der Waals surface area contributed by atoms with Gasteiger partial charge in [0.15, 0.2) is 5.78 Å². The first-order valence-electron chi connectivity index (χ1n) is 8.40. The highest BCUT2D eigenvalue weighted by molar-refractivity contribution is 7.21. The first-order chi connectivity index (χ1) is 12.6.